The van der Waals surface area contributed by atoms with Crippen LogP contribution in [0.1, 0.15) is 12.8 Å². The van der Waals surface area contributed by atoms with E-state index in [2.05, 4.69) is 0 Å². The largest absolute Gasteiger partial charge is 0.481 e. The number of carboxylic acid groups (broad SMARTS) is 2. The lowest BCUT2D eigenvalue weighted by Crippen LogP contribution is -2.48. The molecule has 0 aromatic rings. The standard InChI is InChI=1S/C5H9NO5/c6-5(11,4(9)10)2-1-3(7)8/h11H,1-2,6H2,(H,7,8)(H,9,10)/t5-/m0/s1. The summed E-state index contributed by atoms with van der Waals surface area (Å²) in [6.07, 6.45) is -0.975. The monoisotopic (exact) mass is 163 g/mol. The van der Waals surface area contributed by atoms with Gasteiger partial charge in [0.1, 0.15) is 0 Å². The maximum absolute atomic E-state index is 10.1. The Hall–Kier alpha value is -1.14. The van der Waals surface area contributed by atoms with Gasteiger partial charge in [0.25, 0.3) is 0 Å². The fraction of sp³-hybridized carbons (Fsp3) is 0.600. The lowest BCUT2D eigenvalue weighted by molar-refractivity contribution is -0.159. The van der Waals surface area contributed by atoms with Crippen LogP contribution in [-0.4, -0.2) is 33.0 Å². The molecule has 0 aromatic carbocycles. The molecule has 0 saturated heterocycles. The van der Waals surface area contributed by atoms with Crippen LogP contribution >= 0.6 is 0 Å². The van der Waals surface area contributed by atoms with E-state index < -0.39 is 30.5 Å². The highest BCUT2D eigenvalue weighted by molar-refractivity contribution is 5.77. The van der Waals surface area contributed by atoms with E-state index in [1.165, 1.54) is 0 Å². The van der Waals surface area contributed by atoms with Crippen molar-refractivity contribution in [1.29, 1.82) is 0 Å². The zero-order valence-corrected chi connectivity index (χ0v) is 5.65. The summed E-state index contributed by atoms with van der Waals surface area (Å²) in [6, 6.07) is 0. The Labute approximate surface area is 62.2 Å². The summed E-state index contributed by atoms with van der Waals surface area (Å²) in [5, 5.41) is 25.0. The highest BCUT2D eigenvalue weighted by atomic mass is 16.4. The molecule has 0 heterocycles. The average Bonchev–Trinajstić information content (AvgIpc) is 1.84. The topological polar surface area (TPSA) is 121 Å². The third-order valence-corrected chi connectivity index (χ3v) is 1.09. The Morgan fingerprint density at radius 3 is 2.09 bits per heavy atom. The average molecular weight is 163 g/mol. The highest BCUT2D eigenvalue weighted by Gasteiger charge is 2.30. The van der Waals surface area contributed by atoms with Gasteiger partial charge in [0.2, 0.25) is 5.72 Å². The summed E-state index contributed by atoms with van der Waals surface area (Å²) < 4.78 is 0. The third-order valence-electron chi connectivity index (χ3n) is 1.09. The van der Waals surface area contributed by atoms with Gasteiger partial charge in [0.05, 0.1) is 0 Å². The van der Waals surface area contributed by atoms with Crippen LogP contribution in [0, 0.1) is 0 Å². The molecule has 1 atom stereocenters. The van der Waals surface area contributed by atoms with Gasteiger partial charge in [-0.2, -0.15) is 0 Å². The van der Waals surface area contributed by atoms with Crippen molar-refractivity contribution in [3.63, 3.8) is 0 Å². The first kappa shape index (κ1) is 9.86. The molecule has 6 nitrogen and oxygen atoms in total. The van der Waals surface area contributed by atoms with E-state index in [1.54, 1.807) is 0 Å². The lowest BCUT2D eigenvalue weighted by Gasteiger charge is -2.15. The molecular weight excluding hydrogens is 154 g/mol. The number of aliphatic carboxylic acids is 2. The first-order valence-electron chi connectivity index (χ1n) is 2.82. The van der Waals surface area contributed by atoms with Crippen molar-refractivity contribution in [3.8, 4) is 0 Å². The molecule has 0 unspecified atom stereocenters. The number of rotatable bonds is 4. The lowest BCUT2D eigenvalue weighted by atomic mass is 10.1. The first-order valence-corrected chi connectivity index (χ1v) is 2.82. The van der Waals surface area contributed by atoms with Crippen LogP contribution in [-0.2, 0) is 9.59 Å². The Bertz CT molecular complexity index is 176. The molecule has 0 amide bonds. The number of hydrogen-bond donors (Lipinski definition) is 4. The minimum Gasteiger partial charge on any atom is -0.481 e. The number of carboxylic acids is 2. The fourth-order valence-electron chi connectivity index (χ4n) is 0.404. The Morgan fingerprint density at radius 1 is 1.36 bits per heavy atom. The Kier molecular flexibility index (Phi) is 2.97. The molecule has 0 bridgehead atoms. The molecule has 0 aromatic heterocycles. The predicted octanol–water partition coefficient (Wildman–Crippen LogP) is -1.42. The SMILES string of the molecule is N[C@](O)(CCC(=O)O)C(=O)O. The van der Waals surface area contributed by atoms with E-state index in [4.69, 9.17) is 21.1 Å². The number of nitrogens with two attached hydrogens (primary N) is 1. The molecule has 6 heteroatoms. The van der Waals surface area contributed by atoms with Crippen LogP contribution in [0.2, 0.25) is 0 Å². The van der Waals surface area contributed by atoms with Crippen molar-refractivity contribution in [2.24, 2.45) is 5.73 Å². The second kappa shape index (κ2) is 3.31. The zero-order valence-electron chi connectivity index (χ0n) is 5.65. The molecule has 0 saturated carbocycles. The van der Waals surface area contributed by atoms with Gasteiger partial charge in [-0.1, -0.05) is 0 Å². The summed E-state index contributed by atoms with van der Waals surface area (Å²) in [4.78, 5) is 20.0. The van der Waals surface area contributed by atoms with Crippen LogP contribution in [0.15, 0.2) is 0 Å². The van der Waals surface area contributed by atoms with Gasteiger partial charge in [0, 0.05) is 12.8 Å². The third kappa shape index (κ3) is 3.54. The second-order valence-electron chi connectivity index (χ2n) is 2.12. The van der Waals surface area contributed by atoms with Crippen molar-refractivity contribution >= 4 is 11.9 Å². The molecule has 0 fully saturated rings. The molecule has 0 aliphatic rings. The van der Waals surface area contributed by atoms with E-state index in [-0.39, 0.29) is 0 Å². The number of aliphatic hydroxyl groups is 1. The maximum Gasteiger partial charge on any atom is 0.351 e. The normalized spacial score (nSPS) is 15.5. The maximum atomic E-state index is 10.1. The zero-order chi connectivity index (χ0) is 9.07. The van der Waals surface area contributed by atoms with E-state index >= 15 is 0 Å². The van der Waals surface area contributed by atoms with Gasteiger partial charge in [-0.15, -0.1) is 0 Å². The number of carbonyl (C=O) groups is 2. The van der Waals surface area contributed by atoms with Crippen LogP contribution < -0.4 is 5.73 Å². The van der Waals surface area contributed by atoms with Gasteiger partial charge >= 0.3 is 11.9 Å². The van der Waals surface area contributed by atoms with Crippen molar-refractivity contribution in [2.45, 2.75) is 18.6 Å². The van der Waals surface area contributed by atoms with Crippen molar-refractivity contribution in [2.75, 3.05) is 0 Å². The molecule has 11 heavy (non-hydrogen) atoms. The molecule has 0 spiro atoms. The first-order chi connectivity index (χ1) is 4.86. The minimum absolute atomic E-state index is 0.473. The summed E-state index contributed by atoms with van der Waals surface area (Å²) in [6.45, 7) is 0. The van der Waals surface area contributed by atoms with Gasteiger partial charge < -0.3 is 15.3 Å². The van der Waals surface area contributed by atoms with Crippen molar-refractivity contribution in [1.82, 2.24) is 0 Å². The van der Waals surface area contributed by atoms with E-state index in [0.29, 0.717) is 0 Å². The molecule has 5 N–H and O–H groups in total. The van der Waals surface area contributed by atoms with Gasteiger partial charge in [-0.25, -0.2) is 4.79 Å². The molecule has 0 radical (unpaired) electrons. The molecule has 0 aliphatic heterocycles. The summed E-state index contributed by atoms with van der Waals surface area (Å²) in [5.41, 5.74) is 2.37. The van der Waals surface area contributed by atoms with Crippen LogP contribution in [0.25, 0.3) is 0 Å². The second-order valence-corrected chi connectivity index (χ2v) is 2.12. The van der Waals surface area contributed by atoms with Gasteiger partial charge in [0.15, 0.2) is 0 Å². The van der Waals surface area contributed by atoms with Crippen molar-refractivity contribution < 1.29 is 24.9 Å². The highest BCUT2D eigenvalue weighted by Crippen LogP contribution is 2.05. The fourth-order valence-corrected chi connectivity index (χ4v) is 0.404. The molecule has 64 valence electrons. The van der Waals surface area contributed by atoms with Crippen molar-refractivity contribution in [3.05, 3.63) is 0 Å². The predicted molar refractivity (Wildman–Crippen MR) is 33.6 cm³/mol. The quantitative estimate of drug-likeness (QED) is 0.377. The Balaban J connectivity index is 3.92. The van der Waals surface area contributed by atoms with Gasteiger partial charge in [-0.05, 0) is 0 Å². The smallest absolute Gasteiger partial charge is 0.351 e. The summed E-state index contributed by atoms with van der Waals surface area (Å²) >= 11 is 0. The van der Waals surface area contributed by atoms with E-state index in [9.17, 15) is 9.59 Å². The van der Waals surface area contributed by atoms with Crippen LogP contribution in [0.3, 0.4) is 0 Å². The number of hydrogen-bond acceptors (Lipinski definition) is 4. The molecule has 0 aliphatic carbocycles. The molecule has 0 rings (SSSR count). The van der Waals surface area contributed by atoms with Crippen LogP contribution in [0.5, 0.6) is 0 Å². The molecular formula is C5H9NO5. The minimum atomic E-state index is -2.43. The van der Waals surface area contributed by atoms with E-state index in [1.807, 2.05) is 0 Å². The van der Waals surface area contributed by atoms with Crippen LogP contribution in [0.4, 0.5) is 0 Å². The van der Waals surface area contributed by atoms with Gasteiger partial charge in [-0.3, -0.25) is 10.5 Å². The summed E-state index contributed by atoms with van der Waals surface area (Å²) in [7, 11) is 0. The summed E-state index contributed by atoms with van der Waals surface area (Å²) in [5.74, 6) is -2.83. The Morgan fingerprint density at radius 2 is 1.82 bits per heavy atom. The van der Waals surface area contributed by atoms with E-state index in [0.717, 1.165) is 0 Å².